The van der Waals surface area contributed by atoms with Gasteiger partial charge in [0, 0.05) is 49.2 Å². The number of aryl methyl sites for hydroxylation is 1. The van der Waals surface area contributed by atoms with Crippen molar-refractivity contribution in [3.63, 3.8) is 0 Å². The van der Waals surface area contributed by atoms with Gasteiger partial charge in [0.2, 0.25) is 5.01 Å². The van der Waals surface area contributed by atoms with Crippen LogP contribution in [0.1, 0.15) is 27.0 Å². The number of nitrogens with one attached hydrogen (secondary N) is 1. The number of carbonyl (C=O) groups is 1. The average Bonchev–Trinajstić information content (AvgIpc) is 3.38. The minimum atomic E-state index is -0.870. The van der Waals surface area contributed by atoms with Crippen LogP contribution in [-0.4, -0.2) is 42.4 Å². The van der Waals surface area contributed by atoms with Gasteiger partial charge in [-0.3, -0.25) is 14.5 Å². The molecule has 1 N–H and O–H groups in total. The van der Waals surface area contributed by atoms with E-state index in [0.717, 1.165) is 28.8 Å². The molecule has 1 amide bonds. The van der Waals surface area contributed by atoms with E-state index in [1.807, 2.05) is 31.4 Å². The largest absolute Gasteiger partial charge is 0.349 e. The Morgan fingerprint density at radius 3 is 2.80 bits per heavy atom. The number of carbonyl (C=O) groups excluding carboxylic acids is 1. The lowest BCUT2D eigenvalue weighted by atomic mass is 9.98. The molecule has 0 bridgehead atoms. The van der Waals surface area contributed by atoms with E-state index >= 15 is 0 Å². The van der Waals surface area contributed by atoms with Gasteiger partial charge in [-0.15, -0.1) is 10.2 Å². The van der Waals surface area contributed by atoms with Gasteiger partial charge in [-0.1, -0.05) is 17.4 Å². The van der Waals surface area contributed by atoms with E-state index in [2.05, 4.69) is 30.6 Å². The van der Waals surface area contributed by atoms with Crippen LogP contribution in [0.3, 0.4) is 0 Å². The summed E-state index contributed by atoms with van der Waals surface area (Å²) in [5, 5.41) is 14.7. The van der Waals surface area contributed by atoms with Crippen LogP contribution in [0.2, 0.25) is 0 Å². The van der Waals surface area contributed by atoms with Crippen molar-refractivity contribution in [2.45, 2.75) is 5.92 Å². The van der Waals surface area contributed by atoms with Gasteiger partial charge in [-0.05, 0) is 12.1 Å². The second kappa shape index (κ2) is 8.41. The summed E-state index contributed by atoms with van der Waals surface area (Å²) >= 11 is 0.870. The molecule has 4 aromatic rings. The molecule has 0 fully saturated rings. The van der Waals surface area contributed by atoms with Crippen LogP contribution in [0.15, 0.2) is 49.1 Å². The van der Waals surface area contributed by atoms with Crippen LogP contribution in [0.5, 0.6) is 0 Å². The van der Waals surface area contributed by atoms with Crippen molar-refractivity contribution < 1.29 is 13.6 Å². The molecule has 0 aliphatic rings. The van der Waals surface area contributed by atoms with E-state index in [-0.39, 0.29) is 28.2 Å². The van der Waals surface area contributed by atoms with Crippen LogP contribution in [0.4, 0.5) is 8.78 Å². The third-order valence-corrected chi connectivity index (χ3v) is 5.20. The highest BCUT2D eigenvalue weighted by Crippen LogP contribution is 2.25. The van der Waals surface area contributed by atoms with E-state index < -0.39 is 17.5 Å². The van der Waals surface area contributed by atoms with Gasteiger partial charge in [0.15, 0.2) is 10.8 Å². The number of hydrogen-bond acceptors (Lipinski definition) is 7. The number of rotatable bonds is 6. The molecular weight excluding hydrogens is 412 g/mol. The standard InChI is InChI=1S/C19H15F2N7OS/c1-28-10-11(7-25-28)13(15-4-2-3-5-22-15)9-24-17(29)19-27-26-18(30-19)16-14(21)6-12(20)8-23-16/h2-8,10,13H,9H2,1H3,(H,24,29). The van der Waals surface area contributed by atoms with Crippen molar-refractivity contribution in [1.82, 2.24) is 35.3 Å². The predicted octanol–water partition coefficient (Wildman–Crippen LogP) is 2.57. The van der Waals surface area contributed by atoms with Gasteiger partial charge in [-0.2, -0.15) is 5.10 Å². The van der Waals surface area contributed by atoms with Crippen LogP contribution >= 0.6 is 11.3 Å². The molecule has 0 saturated carbocycles. The molecule has 30 heavy (non-hydrogen) atoms. The van der Waals surface area contributed by atoms with Crippen molar-refractivity contribution >= 4 is 17.2 Å². The predicted molar refractivity (Wildman–Crippen MR) is 105 cm³/mol. The molecule has 1 unspecified atom stereocenters. The molecule has 0 aromatic carbocycles. The quantitative estimate of drug-likeness (QED) is 0.508. The van der Waals surface area contributed by atoms with E-state index in [1.165, 1.54) is 0 Å². The molecule has 11 heteroatoms. The maximum Gasteiger partial charge on any atom is 0.282 e. The number of nitrogens with zero attached hydrogens (tertiary/aromatic N) is 6. The highest BCUT2D eigenvalue weighted by molar-refractivity contribution is 7.16. The molecule has 0 spiro atoms. The maximum absolute atomic E-state index is 13.9. The van der Waals surface area contributed by atoms with Crippen molar-refractivity contribution in [1.29, 1.82) is 0 Å². The first-order valence-electron chi connectivity index (χ1n) is 8.84. The Balaban J connectivity index is 1.51. The van der Waals surface area contributed by atoms with E-state index in [9.17, 15) is 13.6 Å². The Morgan fingerprint density at radius 1 is 1.23 bits per heavy atom. The van der Waals surface area contributed by atoms with Gasteiger partial charge in [0.05, 0.1) is 12.4 Å². The number of hydrogen-bond donors (Lipinski definition) is 1. The lowest BCUT2D eigenvalue weighted by Gasteiger charge is -2.15. The summed E-state index contributed by atoms with van der Waals surface area (Å²) < 4.78 is 28.6. The smallest absolute Gasteiger partial charge is 0.282 e. The molecular formula is C19H15F2N7OS. The topological polar surface area (TPSA) is 98.5 Å². The van der Waals surface area contributed by atoms with Gasteiger partial charge in [0.25, 0.3) is 5.91 Å². The van der Waals surface area contributed by atoms with Gasteiger partial charge in [0.1, 0.15) is 11.5 Å². The fourth-order valence-corrected chi connectivity index (χ4v) is 3.61. The zero-order valence-electron chi connectivity index (χ0n) is 15.7. The van der Waals surface area contributed by atoms with E-state index in [4.69, 9.17) is 0 Å². The summed E-state index contributed by atoms with van der Waals surface area (Å²) in [7, 11) is 1.81. The third-order valence-electron chi connectivity index (χ3n) is 4.27. The Hall–Kier alpha value is -3.60. The van der Waals surface area contributed by atoms with Crippen LogP contribution in [-0.2, 0) is 7.05 Å². The van der Waals surface area contributed by atoms with Crippen LogP contribution in [0.25, 0.3) is 10.7 Å². The summed E-state index contributed by atoms with van der Waals surface area (Å²) in [5.41, 5.74) is 1.52. The first-order chi connectivity index (χ1) is 14.5. The lowest BCUT2D eigenvalue weighted by molar-refractivity contribution is 0.0951. The summed E-state index contributed by atoms with van der Waals surface area (Å²) in [6, 6.07) is 6.26. The molecule has 8 nitrogen and oxygen atoms in total. The molecule has 0 saturated heterocycles. The normalized spacial score (nSPS) is 12.0. The summed E-state index contributed by atoms with van der Waals surface area (Å²) in [6.07, 6.45) is 6.14. The fourth-order valence-electron chi connectivity index (χ4n) is 2.85. The Kier molecular flexibility index (Phi) is 5.53. The minimum Gasteiger partial charge on any atom is -0.349 e. The SMILES string of the molecule is Cn1cc(C(CNC(=O)c2nnc(-c3ncc(F)cc3F)s2)c2ccccn2)cn1. The first-order valence-corrected chi connectivity index (χ1v) is 9.65. The van der Waals surface area contributed by atoms with E-state index in [0.29, 0.717) is 6.07 Å². The number of aromatic nitrogens is 6. The maximum atomic E-state index is 13.9. The summed E-state index contributed by atoms with van der Waals surface area (Å²) in [5.74, 6) is -2.35. The van der Waals surface area contributed by atoms with E-state index in [1.54, 1.807) is 17.1 Å². The second-order valence-electron chi connectivity index (χ2n) is 6.36. The van der Waals surface area contributed by atoms with Crippen LogP contribution < -0.4 is 5.32 Å². The van der Waals surface area contributed by atoms with Crippen molar-refractivity contribution in [2.24, 2.45) is 7.05 Å². The molecule has 0 radical (unpaired) electrons. The fraction of sp³-hybridized carbons (Fsp3) is 0.158. The number of pyridine rings is 2. The Bertz CT molecular complexity index is 1180. The monoisotopic (exact) mass is 427 g/mol. The van der Waals surface area contributed by atoms with Gasteiger partial charge >= 0.3 is 0 Å². The third kappa shape index (κ3) is 4.20. The zero-order chi connectivity index (χ0) is 21.1. The number of halogens is 2. The molecule has 0 aliphatic heterocycles. The molecule has 4 aromatic heterocycles. The number of amides is 1. The summed E-state index contributed by atoms with van der Waals surface area (Å²) in [4.78, 5) is 20.6. The molecule has 4 heterocycles. The highest BCUT2D eigenvalue weighted by atomic mass is 32.1. The van der Waals surface area contributed by atoms with Crippen LogP contribution in [0, 0.1) is 11.6 Å². The molecule has 1 atom stereocenters. The lowest BCUT2D eigenvalue weighted by Crippen LogP contribution is -2.29. The Morgan fingerprint density at radius 2 is 2.10 bits per heavy atom. The summed E-state index contributed by atoms with van der Waals surface area (Å²) in [6.45, 7) is 0.250. The molecule has 152 valence electrons. The highest BCUT2D eigenvalue weighted by Gasteiger charge is 2.21. The van der Waals surface area contributed by atoms with Crippen molar-refractivity contribution in [2.75, 3.05) is 6.54 Å². The van der Waals surface area contributed by atoms with Crippen molar-refractivity contribution in [3.8, 4) is 10.7 Å². The zero-order valence-corrected chi connectivity index (χ0v) is 16.5. The molecule has 0 aliphatic carbocycles. The van der Waals surface area contributed by atoms with Gasteiger partial charge in [-0.25, -0.2) is 13.8 Å². The Labute approximate surface area is 173 Å². The first kappa shape index (κ1) is 19.7. The average molecular weight is 427 g/mol. The van der Waals surface area contributed by atoms with Gasteiger partial charge < -0.3 is 5.32 Å². The molecule has 4 rings (SSSR count). The minimum absolute atomic E-state index is 0.0430. The second-order valence-corrected chi connectivity index (χ2v) is 7.34. The van der Waals surface area contributed by atoms with Crippen molar-refractivity contribution in [3.05, 3.63) is 77.0 Å².